The van der Waals surface area contributed by atoms with E-state index >= 15 is 0 Å². The molecule has 1 fully saturated rings. The highest BCUT2D eigenvalue weighted by molar-refractivity contribution is 9.10. The van der Waals surface area contributed by atoms with Gasteiger partial charge in [0.1, 0.15) is 0 Å². The number of imidazole rings is 1. The molecule has 3 rings (SSSR count). The number of aromatic nitrogens is 2. The standard InChI is InChI=1S/C16H15BrCl2N2O5/c1-6-13(25-7(2)22)14(26-8(3)23)15(24-6)21-12-5-10(19)9(18)4-11(12)20-16(21)17/h4-6,13-15H,1-3H3/t6-,13-,14-,15-/m0/s1. The minimum absolute atomic E-state index is 0.347. The lowest BCUT2D eigenvalue weighted by Crippen LogP contribution is -2.38. The molecule has 2 aromatic rings. The first-order chi connectivity index (χ1) is 12.2. The lowest BCUT2D eigenvalue weighted by Gasteiger charge is -2.24. The maximum absolute atomic E-state index is 11.6. The highest BCUT2D eigenvalue weighted by Crippen LogP contribution is 2.39. The number of nitrogens with zero attached hydrogens (tertiary/aromatic N) is 2. The number of ether oxygens (including phenoxy) is 3. The molecule has 0 amide bonds. The Balaban J connectivity index is 2.10. The van der Waals surface area contributed by atoms with Crippen LogP contribution in [0.1, 0.15) is 27.0 Å². The van der Waals surface area contributed by atoms with Crippen molar-refractivity contribution in [2.75, 3.05) is 0 Å². The zero-order chi connectivity index (χ0) is 19.2. The lowest BCUT2D eigenvalue weighted by molar-refractivity contribution is -0.165. The monoisotopic (exact) mass is 464 g/mol. The van der Waals surface area contributed by atoms with Crippen molar-refractivity contribution in [1.82, 2.24) is 9.55 Å². The van der Waals surface area contributed by atoms with Crippen LogP contribution in [0, 0.1) is 0 Å². The van der Waals surface area contributed by atoms with Gasteiger partial charge in [-0.1, -0.05) is 23.2 Å². The summed E-state index contributed by atoms with van der Waals surface area (Å²) in [6.07, 6.45) is -2.88. The number of rotatable bonds is 3. The quantitative estimate of drug-likeness (QED) is 0.640. The van der Waals surface area contributed by atoms with Gasteiger partial charge < -0.3 is 14.2 Å². The molecule has 0 radical (unpaired) electrons. The van der Waals surface area contributed by atoms with Gasteiger partial charge in [-0.3, -0.25) is 14.2 Å². The van der Waals surface area contributed by atoms with Crippen molar-refractivity contribution >= 4 is 62.1 Å². The summed E-state index contributed by atoms with van der Waals surface area (Å²) < 4.78 is 18.8. The third kappa shape index (κ3) is 3.55. The number of hydrogen-bond donors (Lipinski definition) is 0. The van der Waals surface area contributed by atoms with Gasteiger partial charge in [0.05, 0.1) is 27.2 Å². The SMILES string of the molecule is CC(=O)O[C@@H]1[C@H](OC(C)=O)[C@@H](n2c(Br)nc3cc(Cl)c(Cl)cc32)O[C@H]1C. The molecule has 26 heavy (non-hydrogen) atoms. The van der Waals surface area contributed by atoms with Crippen LogP contribution in [0.4, 0.5) is 0 Å². The van der Waals surface area contributed by atoms with Gasteiger partial charge in [-0.2, -0.15) is 0 Å². The second-order valence-corrected chi connectivity index (χ2v) is 7.41. The molecule has 0 unspecified atom stereocenters. The Labute approximate surface area is 167 Å². The summed E-state index contributed by atoms with van der Waals surface area (Å²) in [5.74, 6) is -1.01. The van der Waals surface area contributed by atoms with Gasteiger partial charge >= 0.3 is 11.9 Å². The maximum atomic E-state index is 11.6. The van der Waals surface area contributed by atoms with Gasteiger partial charge in [0, 0.05) is 13.8 Å². The predicted octanol–water partition coefficient (Wildman–Crippen LogP) is 3.89. The van der Waals surface area contributed by atoms with Crippen LogP contribution in [-0.2, 0) is 23.8 Å². The fourth-order valence-corrected chi connectivity index (χ4v) is 3.89. The zero-order valence-electron chi connectivity index (χ0n) is 14.0. The second kappa shape index (κ2) is 7.34. The van der Waals surface area contributed by atoms with E-state index in [0.29, 0.717) is 25.8 Å². The summed E-state index contributed by atoms with van der Waals surface area (Å²) >= 11 is 15.6. The molecule has 1 aliphatic heterocycles. The predicted molar refractivity (Wildman–Crippen MR) is 98.1 cm³/mol. The molecule has 7 nitrogen and oxygen atoms in total. The topological polar surface area (TPSA) is 79.7 Å². The molecule has 0 saturated carbocycles. The molecule has 1 aromatic carbocycles. The fourth-order valence-electron chi connectivity index (χ4n) is 2.99. The molecule has 0 N–H and O–H groups in total. The van der Waals surface area contributed by atoms with Crippen molar-refractivity contribution in [1.29, 1.82) is 0 Å². The van der Waals surface area contributed by atoms with Crippen LogP contribution in [0.3, 0.4) is 0 Å². The number of benzene rings is 1. The van der Waals surface area contributed by atoms with Gasteiger partial charge in [0.15, 0.2) is 23.2 Å². The van der Waals surface area contributed by atoms with Crippen molar-refractivity contribution in [2.45, 2.75) is 45.3 Å². The Bertz CT molecular complexity index is 887. The minimum Gasteiger partial charge on any atom is -0.456 e. The molecule has 0 aliphatic carbocycles. The molecule has 2 heterocycles. The van der Waals surface area contributed by atoms with E-state index in [2.05, 4.69) is 20.9 Å². The summed E-state index contributed by atoms with van der Waals surface area (Å²) in [7, 11) is 0. The highest BCUT2D eigenvalue weighted by atomic mass is 79.9. The van der Waals surface area contributed by atoms with E-state index in [9.17, 15) is 9.59 Å². The minimum atomic E-state index is -0.852. The summed E-state index contributed by atoms with van der Waals surface area (Å²) in [6.45, 7) is 4.30. The van der Waals surface area contributed by atoms with Crippen LogP contribution < -0.4 is 0 Å². The third-order valence-corrected chi connectivity index (χ3v) is 5.25. The molecule has 4 atom stereocenters. The lowest BCUT2D eigenvalue weighted by atomic mass is 10.1. The van der Waals surface area contributed by atoms with Gasteiger partial charge in [0.2, 0.25) is 0 Å². The van der Waals surface area contributed by atoms with Crippen molar-refractivity contribution in [2.24, 2.45) is 0 Å². The summed E-state index contributed by atoms with van der Waals surface area (Å²) in [5.41, 5.74) is 1.21. The van der Waals surface area contributed by atoms with E-state index in [-0.39, 0.29) is 0 Å². The first-order valence-electron chi connectivity index (χ1n) is 7.71. The number of carbonyl (C=O) groups is 2. The van der Waals surface area contributed by atoms with E-state index < -0.39 is 36.5 Å². The average Bonchev–Trinajstić information content (AvgIpc) is 2.97. The summed E-state index contributed by atoms with van der Waals surface area (Å²) in [6, 6.07) is 3.28. The zero-order valence-corrected chi connectivity index (χ0v) is 17.1. The number of halogens is 3. The smallest absolute Gasteiger partial charge is 0.303 e. The number of fused-ring (bicyclic) bond motifs is 1. The maximum Gasteiger partial charge on any atom is 0.303 e. The van der Waals surface area contributed by atoms with Crippen LogP contribution in [0.15, 0.2) is 16.9 Å². The molecule has 0 spiro atoms. The second-order valence-electron chi connectivity index (χ2n) is 5.89. The van der Waals surface area contributed by atoms with Crippen LogP contribution in [-0.4, -0.2) is 39.8 Å². The average molecular weight is 466 g/mol. The molecular weight excluding hydrogens is 451 g/mol. The van der Waals surface area contributed by atoms with Crippen LogP contribution in [0.25, 0.3) is 11.0 Å². The molecule has 1 aliphatic rings. The Hall–Kier alpha value is -1.35. The summed E-state index contributed by atoms with van der Waals surface area (Å²) in [5, 5.41) is 0.714. The van der Waals surface area contributed by atoms with Gasteiger partial charge in [-0.25, -0.2) is 4.98 Å². The molecule has 140 valence electrons. The van der Waals surface area contributed by atoms with Crippen molar-refractivity contribution in [3.8, 4) is 0 Å². The van der Waals surface area contributed by atoms with Crippen LogP contribution in [0.5, 0.6) is 0 Å². The van der Waals surface area contributed by atoms with Gasteiger partial charge in [-0.05, 0) is 35.0 Å². The molecule has 0 bridgehead atoms. The van der Waals surface area contributed by atoms with E-state index in [4.69, 9.17) is 37.4 Å². The number of carbonyl (C=O) groups excluding carboxylic acids is 2. The first kappa shape index (κ1) is 19.4. The first-order valence-corrected chi connectivity index (χ1v) is 9.26. The van der Waals surface area contributed by atoms with E-state index in [1.807, 2.05) is 0 Å². The molecule has 10 heteroatoms. The Morgan fingerprint density at radius 3 is 2.35 bits per heavy atom. The van der Waals surface area contributed by atoms with Crippen LogP contribution in [0.2, 0.25) is 10.0 Å². The Morgan fingerprint density at radius 1 is 1.15 bits per heavy atom. The summed E-state index contributed by atoms with van der Waals surface area (Å²) in [4.78, 5) is 27.5. The van der Waals surface area contributed by atoms with Gasteiger partial charge in [0.25, 0.3) is 0 Å². The van der Waals surface area contributed by atoms with Gasteiger partial charge in [-0.15, -0.1) is 0 Å². The van der Waals surface area contributed by atoms with E-state index in [1.54, 1.807) is 23.6 Å². The largest absolute Gasteiger partial charge is 0.456 e. The fraction of sp³-hybridized carbons (Fsp3) is 0.438. The van der Waals surface area contributed by atoms with Crippen molar-refractivity contribution < 1.29 is 23.8 Å². The Kier molecular flexibility index (Phi) is 5.48. The normalized spacial score (nSPS) is 25.5. The number of hydrogen-bond acceptors (Lipinski definition) is 6. The number of esters is 2. The Morgan fingerprint density at radius 2 is 1.73 bits per heavy atom. The molecule has 1 aromatic heterocycles. The highest BCUT2D eigenvalue weighted by Gasteiger charge is 2.49. The van der Waals surface area contributed by atoms with E-state index in [0.717, 1.165) is 0 Å². The van der Waals surface area contributed by atoms with Crippen molar-refractivity contribution in [3.63, 3.8) is 0 Å². The third-order valence-electron chi connectivity index (χ3n) is 3.97. The van der Waals surface area contributed by atoms with E-state index in [1.165, 1.54) is 13.8 Å². The molecular formula is C16H15BrCl2N2O5. The van der Waals surface area contributed by atoms with Crippen LogP contribution >= 0.6 is 39.1 Å². The van der Waals surface area contributed by atoms with Crippen molar-refractivity contribution in [3.05, 3.63) is 26.9 Å². The molecule has 1 saturated heterocycles.